The maximum atomic E-state index is 12.3. The number of aryl methyl sites for hydroxylation is 2. The van der Waals surface area contributed by atoms with E-state index in [9.17, 15) is 4.79 Å². The van der Waals surface area contributed by atoms with Crippen molar-refractivity contribution >= 4 is 34.8 Å². The standard InChI is InChI=1S/C21H24N4O2S.ClH/c1-14-20(16-5-3-2-4-6-16)27-19(24-14)8-7-18(26)25-21-23-13-17(28-21)15-9-11-22-12-10-15;/h2-6,13,15,22H,7-12H2,1H3,(H,23,25,26);1H. The molecule has 0 aliphatic carbocycles. The van der Waals surface area contributed by atoms with E-state index in [1.54, 1.807) is 11.3 Å². The Balaban J connectivity index is 0.00000240. The van der Waals surface area contributed by atoms with Crippen LogP contribution in [0.5, 0.6) is 0 Å². The monoisotopic (exact) mass is 432 g/mol. The van der Waals surface area contributed by atoms with Crippen molar-refractivity contribution in [2.45, 2.75) is 38.5 Å². The largest absolute Gasteiger partial charge is 0.440 e. The molecule has 1 fully saturated rings. The van der Waals surface area contributed by atoms with E-state index >= 15 is 0 Å². The quantitative estimate of drug-likeness (QED) is 0.596. The molecule has 1 aliphatic heterocycles. The van der Waals surface area contributed by atoms with E-state index in [-0.39, 0.29) is 18.3 Å². The van der Waals surface area contributed by atoms with Gasteiger partial charge in [0.05, 0.1) is 5.69 Å². The minimum atomic E-state index is -0.0664. The first-order valence-electron chi connectivity index (χ1n) is 9.67. The van der Waals surface area contributed by atoms with Gasteiger partial charge in [0.25, 0.3) is 0 Å². The third kappa shape index (κ3) is 5.44. The van der Waals surface area contributed by atoms with Crippen molar-refractivity contribution in [3.63, 3.8) is 0 Å². The van der Waals surface area contributed by atoms with Crippen molar-refractivity contribution in [3.05, 3.63) is 53.0 Å². The second-order valence-corrected chi connectivity index (χ2v) is 8.09. The summed E-state index contributed by atoms with van der Waals surface area (Å²) in [6, 6.07) is 9.89. The third-order valence-corrected chi connectivity index (χ3v) is 6.03. The lowest BCUT2D eigenvalue weighted by Gasteiger charge is -2.20. The number of nitrogens with one attached hydrogen (secondary N) is 2. The van der Waals surface area contributed by atoms with Crippen LogP contribution in [0.25, 0.3) is 11.3 Å². The van der Waals surface area contributed by atoms with Crippen LogP contribution in [-0.2, 0) is 11.2 Å². The Hall–Kier alpha value is -2.22. The van der Waals surface area contributed by atoms with Crippen LogP contribution < -0.4 is 10.6 Å². The average molecular weight is 433 g/mol. The summed E-state index contributed by atoms with van der Waals surface area (Å²) in [5.74, 6) is 1.84. The van der Waals surface area contributed by atoms with Crippen molar-refractivity contribution in [2.24, 2.45) is 0 Å². The molecular formula is C21H25ClN4O2S. The van der Waals surface area contributed by atoms with Crippen molar-refractivity contribution in [3.8, 4) is 11.3 Å². The zero-order valence-corrected chi connectivity index (χ0v) is 17.9. The third-order valence-electron chi connectivity index (χ3n) is 4.95. The molecule has 0 spiro atoms. The Kier molecular flexibility index (Phi) is 7.41. The number of carbonyl (C=O) groups is 1. The molecule has 3 aromatic rings. The molecule has 8 heteroatoms. The molecule has 1 amide bonds. The summed E-state index contributed by atoms with van der Waals surface area (Å²) in [7, 11) is 0. The Morgan fingerprint density at radius 1 is 1.28 bits per heavy atom. The van der Waals surface area contributed by atoms with E-state index in [0.717, 1.165) is 42.9 Å². The van der Waals surface area contributed by atoms with Gasteiger partial charge in [-0.15, -0.1) is 23.7 Å². The van der Waals surface area contributed by atoms with Gasteiger partial charge in [0.15, 0.2) is 16.8 Å². The number of hydrogen-bond donors (Lipinski definition) is 2. The molecule has 1 aromatic carbocycles. The first-order chi connectivity index (χ1) is 13.7. The van der Waals surface area contributed by atoms with Gasteiger partial charge < -0.3 is 15.1 Å². The van der Waals surface area contributed by atoms with Gasteiger partial charge in [-0.1, -0.05) is 30.3 Å². The predicted molar refractivity (Wildman–Crippen MR) is 118 cm³/mol. The maximum absolute atomic E-state index is 12.3. The highest BCUT2D eigenvalue weighted by Crippen LogP contribution is 2.31. The van der Waals surface area contributed by atoms with E-state index in [0.29, 0.717) is 29.8 Å². The van der Waals surface area contributed by atoms with Gasteiger partial charge >= 0.3 is 0 Å². The lowest BCUT2D eigenvalue weighted by molar-refractivity contribution is -0.116. The van der Waals surface area contributed by atoms with E-state index in [2.05, 4.69) is 20.6 Å². The number of thiazole rings is 1. The number of anilines is 1. The first-order valence-corrected chi connectivity index (χ1v) is 10.5. The van der Waals surface area contributed by atoms with Crippen LogP contribution in [0.15, 0.2) is 40.9 Å². The van der Waals surface area contributed by atoms with E-state index in [1.807, 2.05) is 43.5 Å². The smallest absolute Gasteiger partial charge is 0.226 e. The number of carbonyl (C=O) groups excluding carboxylic acids is 1. The molecule has 2 N–H and O–H groups in total. The normalized spacial score (nSPS) is 14.4. The van der Waals surface area contributed by atoms with Gasteiger partial charge in [0.1, 0.15) is 0 Å². The number of nitrogens with zero attached hydrogens (tertiary/aromatic N) is 2. The number of piperidine rings is 1. The van der Waals surface area contributed by atoms with Gasteiger partial charge in [-0.2, -0.15) is 0 Å². The van der Waals surface area contributed by atoms with Crippen molar-refractivity contribution in [2.75, 3.05) is 18.4 Å². The fourth-order valence-electron chi connectivity index (χ4n) is 3.46. The SMILES string of the molecule is Cc1nc(CCC(=O)Nc2ncc(C3CCNCC3)s2)oc1-c1ccccc1.Cl. The van der Waals surface area contributed by atoms with Crippen LogP contribution in [0.3, 0.4) is 0 Å². The molecule has 1 aliphatic rings. The average Bonchev–Trinajstić information content (AvgIpc) is 3.34. The molecular weight excluding hydrogens is 408 g/mol. The summed E-state index contributed by atoms with van der Waals surface area (Å²) in [4.78, 5) is 22.4. The zero-order chi connectivity index (χ0) is 19.3. The molecule has 29 heavy (non-hydrogen) atoms. The Bertz CT molecular complexity index is 935. The van der Waals surface area contributed by atoms with Gasteiger partial charge in [-0.05, 0) is 38.8 Å². The summed E-state index contributed by atoms with van der Waals surface area (Å²) in [5, 5.41) is 6.95. The highest BCUT2D eigenvalue weighted by molar-refractivity contribution is 7.15. The molecule has 2 aromatic heterocycles. The number of rotatable bonds is 6. The fourth-order valence-corrected chi connectivity index (χ4v) is 4.46. The molecule has 154 valence electrons. The Morgan fingerprint density at radius 2 is 2.03 bits per heavy atom. The number of halogens is 1. The molecule has 1 saturated heterocycles. The van der Waals surface area contributed by atoms with Crippen molar-refractivity contribution in [1.29, 1.82) is 0 Å². The Labute approximate surface area is 180 Å². The molecule has 0 unspecified atom stereocenters. The molecule has 0 atom stereocenters. The minimum absolute atomic E-state index is 0. The molecule has 0 bridgehead atoms. The van der Waals surface area contributed by atoms with Crippen LogP contribution in [0.2, 0.25) is 0 Å². The van der Waals surface area contributed by atoms with Crippen LogP contribution in [0.4, 0.5) is 5.13 Å². The van der Waals surface area contributed by atoms with Crippen molar-refractivity contribution < 1.29 is 9.21 Å². The van der Waals surface area contributed by atoms with Crippen LogP contribution in [0, 0.1) is 6.92 Å². The number of oxazole rings is 1. The molecule has 0 radical (unpaired) electrons. The van der Waals surface area contributed by atoms with Crippen LogP contribution in [-0.4, -0.2) is 29.0 Å². The lowest BCUT2D eigenvalue weighted by Crippen LogP contribution is -2.26. The molecule has 6 nitrogen and oxygen atoms in total. The zero-order valence-electron chi connectivity index (χ0n) is 16.3. The number of benzene rings is 1. The van der Waals surface area contributed by atoms with Crippen LogP contribution in [0.1, 0.15) is 41.6 Å². The fraction of sp³-hybridized carbons (Fsp3) is 0.381. The maximum Gasteiger partial charge on any atom is 0.226 e. The summed E-state index contributed by atoms with van der Waals surface area (Å²) < 4.78 is 5.87. The first kappa shape index (κ1) is 21.5. The minimum Gasteiger partial charge on any atom is -0.440 e. The highest BCUT2D eigenvalue weighted by Gasteiger charge is 2.19. The van der Waals surface area contributed by atoms with E-state index in [1.165, 1.54) is 4.88 Å². The number of hydrogen-bond acceptors (Lipinski definition) is 6. The summed E-state index contributed by atoms with van der Waals surface area (Å²) in [6.07, 6.45) is 4.94. The van der Waals surface area contributed by atoms with E-state index in [4.69, 9.17) is 4.42 Å². The number of amides is 1. The Morgan fingerprint density at radius 3 is 2.79 bits per heavy atom. The predicted octanol–water partition coefficient (Wildman–Crippen LogP) is 4.57. The molecule has 0 saturated carbocycles. The van der Waals surface area contributed by atoms with Gasteiger partial charge in [-0.25, -0.2) is 9.97 Å². The number of aromatic nitrogens is 2. The van der Waals surface area contributed by atoms with Gasteiger partial charge in [-0.3, -0.25) is 4.79 Å². The second-order valence-electron chi connectivity index (χ2n) is 7.03. The van der Waals surface area contributed by atoms with Crippen molar-refractivity contribution in [1.82, 2.24) is 15.3 Å². The highest BCUT2D eigenvalue weighted by atomic mass is 35.5. The van der Waals surface area contributed by atoms with E-state index < -0.39 is 0 Å². The summed E-state index contributed by atoms with van der Waals surface area (Å²) in [5.41, 5.74) is 1.84. The summed E-state index contributed by atoms with van der Waals surface area (Å²) in [6.45, 7) is 4.02. The molecule has 4 rings (SSSR count). The topological polar surface area (TPSA) is 80.0 Å². The lowest BCUT2D eigenvalue weighted by atomic mass is 9.97. The van der Waals surface area contributed by atoms with Gasteiger partial charge in [0, 0.05) is 29.5 Å². The molecule has 3 heterocycles. The van der Waals surface area contributed by atoms with Crippen LogP contribution >= 0.6 is 23.7 Å². The second kappa shape index (κ2) is 10.0. The summed E-state index contributed by atoms with van der Waals surface area (Å²) >= 11 is 1.58. The van der Waals surface area contributed by atoms with Gasteiger partial charge in [0.2, 0.25) is 5.91 Å².